The molecule has 0 bridgehead atoms. The van der Waals surface area contributed by atoms with Crippen LogP contribution in [0.4, 0.5) is 4.79 Å². The highest BCUT2D eigenvalue weighted by molar-refractivity contribution is 8.00. The van der Waals surface area contributed by atoms with Gasteiger partial charge in [0.1, 0.15) is 9.86 Å². The van der Waals surface area contributed by atoms with Gasteiger partial charge >= 0.3 is 18.0 Å². The van der Waals surface area contributed by atoms with Gasteiger partial charge in [0.15, 0.2) is 5.16 Å². The lowest BCUT2D eigenvalue weighted by Crippen LogP contribution is -2.35. The van der Waals surface area contributed by atoms with E-state index in [0.717, 1.165) is 20.7 Å². The van der Waals surface area contributed by atoms with E-state index >= 15 is 0 Å². The van der Waals surface area contributed by atoms with E-state index in [-0.39, 0.29) is 29.5 Å². The van der Waals surface area contributed by atoms with E-state index in [4.69, 9.17) is 14.2 Å². The first kappa shape index (κ1) is 24.6. The van der Waals surface area contributed by atoms with Crippen molar-refractivity contribution < 1.29 is 28.6 Å². The topological polar surface area (TPSA) is 108 Å². The highest BCUT2D eigenvalue weighted by Gasteiger charge is 2.28. The number of rotatable bonds is 9. The lowest BCUT2D eigenvalue weighted by atomic mass is 10.1. The van der Waals surface area contributed by atoms with Gasteiger partial charge in [-0.15, -0.1) is 11.3 Å². The molecular formula is C20H25N3O6S3. The summed E-state index contributed by atoms with van der Waals surface area (Å²) in [5.41, 5.74) is 1.10. The fraction of sp³-hybridized carbons (Fsp3) is 0.550. The van der Waals surface area contributed by atoms with Crippen LogP contribution in [0.5, 0.6) is 0 Å². The van der Waals surface area contributed by atoms with Crippen LogP contribution in [0, 0.1) is 0 Å². The fourth-order valence-corrected chi connectivity index (χ4v) is 6.05. The normalized spacial score (nSPS) is 13.0. The van der Waals surface area contributed by atoms with Crippen LogP contribution in [0.2, 0.25) is 0 Å². The number of amides is 1. The van der Waals surface area contributed by atoms with Crippen molar-refractivity contribution in [2.45, 2.75) is 43.9 Å². The predicted octanol–water partition coefficient (Wildman–Crippen LogP) is 3.52. The third kappa shape index (κ3) is 6.04. The summed E-state index contributed by atoms with van der Waals surface area (Å²) >= 11 is 3.99. The van der Waals surface area contributed by atoms with Gasteiger partial charge in [0.05, 0.1) is 37.9 Å². The molecule has 0 atom stereocenters. The summed E-state index contributed by atoms with van der Waals surface area (Å²) in [6.07, 6.45) is 0.323. The van der Waals surface area contributed by atoms with E-state index in [1.165, 1.54) is 34.9 Å². The van der Waals surface area contributed by atoms with Gasteiger partial charge < -0.3 is 19.1 Å². The number of carbonyl (C=O) groups is 3. The Kier molecular flexibility index (Phi) is 9.00. The van der Waals surface area contributed by atoms with Crippen LogP contribution in [0.15, 0.2) is 10.2 Å². The number of carbonyl (C=O) groups excluding carboxylic acids is 3. The third-order valence-corrected chi connectivity index (χ3v) is 7.31. The first-order valence-electron chi connectivity index (χ1n) is 10.3. The van der Waals surface area contributed by atoms with E-state index in [0.29, 0.717) is 49.5 Å². The largest absolute Gasteiger partial charge is 0.465 e. The van der Waals surface area contributed by atoms with Crippen LogP contribution < -0.4 is 0 Å². The Morgan fingerprint density at radius 3 is 2.28 bits per heavy atom. The number of esters is 2. The van der Waals surface area contributed by atoms with Crippen molar-refractivity contribution in [3.05, 3.63) is 10.4 Å². The van der Waals surface area contributed by atoms with Gasteiger partial charge in [-0.3, -0.25) is 9.59 Å². The second-order valence-corrected chi connectivity index (χ2v) is 9.54. The third-order valence-electron chi connectivity index (χ3n) is 4.43. The van der Waals surface area contributed by atoms with Gasteiger partial charge in [0.2, 0.25) is 0 Å². The van der Waals surface area contributed by atoms with Gasteiger partial charge in [0, 0.05) is 16.8 Å². The van der Waals surface area contributed by atoms with E-state index in [9.17, 15) is 14.4 Å². The zero-order chi connectivity index (χ0) is 23.1. The van der Waals surface area contributed by atoms with Crippen molar-refractivity contribution in [1.29, 1.82) is 0 Å². The molecule has 0 saturated heterocycles. The first-order chi connectivity index (χ1) is 15.5. The van der Waals surface area contributed by atoms with Crippen LogP contribution >= 0.6 is 34.9 Å². The molecule has 12 heteroatoms. The highest BCUT2D eigenvalue weighted by atomic mass is 32.2. The van der Waals surface area contributed by atoms with Crippen LogP contribution in [-0.2, 0) is 36.8 Å². The molecule has 0 unspecified atom stereocenters. The summed E-state index contributed by atoms with van der Waals surface area (Å²) in [6, 6.07) is 0. The number of aromatic nitrogens is 2. The van der Waals surface area contributed by atoms with E-state index in [2.05, 4.69) is 9.97 Å². The molecule has 9 nitrogen and oxygen atoms in total. The highest BCUT2D eigenvalue weighted by Crippen LogP contribution is 2.40. The molecule has 32 heavy (non-hydrogen) atoms. The van der Waals surface area contributed by atoms with Crippen molar-refractivity contribution in [2.24, 2.45) is 0 Å². The molecule has 3 rings (SSSR count). The van der Waals surface area contributed by atoms with Crippen LogP contribution in [0.25, 0.3) is 10.2 Å². The molecule has 0 aromatic carbocycles. The van der Waals surface area contributed by atoms with Gasteiger partial charge in [0.25, 0.3) is 0 Å². The molecule has 1 aliphatic heterocycles. The number of nitrogens with zero attached hydrogens (tertiary/aromatic N) is 3. The Labute approximate surface area is 198 Å². The average molecular weight is 500 g/mol. The van der Waals surface area contributed by atoms with Crippen molar-refractivity contribution in [3.63, 3.8) is 0 Å². The smallest absolute Gasteiger partial charge is 0.410 e. The van der Waals surface area contributed by atoms with Gasteiger partial charge in [-0.1, -0.05) is 23.5 Å². The van der Waals surface area contributed by atoms with Crippen molar-refractivity contribution >= 4 is 63.1 Å². The van der Waals surface area contributed by atoms with Crippen LogP contribution in [0.1, 0.15) is 31.2 Å². The number of hydrogen-bond donors (Lipinski definition) is 0. The maximum atomic E-state index is 12.2. The van der Waals surface area contributed by atoms with Crippen molar-refractivity contribution in [2.75, 3.05) is 37.9 Å². The second kappa shape index (κ2) is 11.7. The van der Waals surface area contributed by atoms with E-state index < -0.39 is 0 Å². The molecule has 1 amide bonds. The summed E-state index contributed by atoms with van der Waals surface area (Å²) in [7, 11) is 0. The summed E-state index contributed by atoms with van der Waals surface area (Å²) < 4.78 is 15.2. The summed E-state index contributed by atoms with van der Waals surface area (Å²) in [4.78, 5) is 48.6. The molecule has 0 fully saturated rings. The molecule has 174 valence electrons. The first-order valence-corrected chi connectivity index (χ1v) is 13.1. The summed E-state index contributed by atoms with van der Waals surface area (Å²) in [6.45, 7) is 7.25. The Hall–Kier alpha value is -2.05. The Bertz CT molecular complexity index is 997. The van der Waals surface area contributed by atoms with Gasteiger partial charge in [-0.25, -0.2) is 14.8 Å². The maximum Gasteiger partial charge on any atom is 0.410 e. The molecular weight excluding hydrogens is 474 g/mol. The summed E-state index contributed by atoms with van der Waals surface area (Å²) in [5.74, 6) is -0.426. The quantitative estimate of drug-likeness (QED) is 0.167. The lowest BCUT2D eigenvalue weighted by Gasteiger charge is -2.26. The van der Waals surface area contributed by atoms with Crippen LogP contribution in [0.3, 0.4) is 0 Å². The summed E-state index contributed by atoms with van der Waals surface area (Å²) in [5, 5.41) is 2.03. The molecule has 0 saturated carbocycles. The molecule has 1 aliphatic rings. The van der Waals surface area contributed by atoms with Crippen LogP contribution in [-0.4, -0.2) is 70.8 Å². The fourth-order valence-electron chi connectivity index (χ4n) is 3.14. The minimum atomic E-state index is -0.336. The second-order valence-electron chi connectivity index (χ2n) is 6.55. The molecule has 0 N–H and O–H groups in total. The Balaban J connectivity index is 1.90. The maximum absolute atomic E-state index is 12.2. The number of fused-ring (bicyclic) bond motifs is 3. The zero-order valence-corrected chi connectivity index (χ0v) is 20.6. The molecule has 0 spiro atoms. The zero-order valence-electron chi connectivity index (χ0n) is 18.2. The predicted molar refractivity (Wildman–Crippen MR) is 123 cm³/mol. The molecule has 2 aromatic heterocycles. The van der Waals surface area contributed by atoms with Crippen molar-refractivity contribution in [1.82, 2.24) is 14.9 Å². The minimum Gasteiger partial charge on any atom is -0.465 e. The molecule has 0 aliphatic carbocycles. The van der Waals surface area contributed by atoms with E-state index in [1.807, 2.05) is 0 Å². The van der Waals surface area contributed by atoms with Gasteiger partial charge in [-0.2, -0.15) is 0 Å². The Morgan fingerprint density at radius 2 is 1.62 bits per heavy atom. The molecule has 0 radical (unpaired) electrons. The number of thioether (sulfide) groups is 2. The number of thiophene rings is 1. The Morgan fingerprint density at radius 1 is 0.969 bits per heavy atom. The van der Waals surface area contributed by atoms with Crippen molar-refractivity contribution in [3.8, 4) is 0 Å². The number of ether oxygens (including phenoxy) is 3. The minimum absolute atomic E-state index is 0.100. The average Bonchev–Trinajstić information content (AvgIpc) is 3.14. The SMILES string of the molecule is CCOC(=O)CSc1nc(SCC(=O)OCC)c2c3c(sc2n1)CN(C(=O)OCC)CC3. The van der Waals surface area contributed by atoms with Gasteiger partial charge in [-0.05, 0) is 32.8 Å². The standard InChI is InChI=1S/C20H25N3O6S3/c1-4-27-14(24)10-30-17-16-12-7-8-23(20(26)29-6-3)9-13(12)32-18(16)22-19(21-17)31-11-15(25)28-5-2/h4-11H2,1-3H3. The van der Waals surface area contributed by atoms with E-state index in [1.54, 1.807) is 25.7 Å². The monoisotopic (exact) mass is 499 g/mol. The number of hydrogen-bond acceptors (Lipinski definition) is 11. The lowest BCUT2D eigenvalue weighted by molar-refractivity contribution is -0.140. The molecule has 2 aromatic rings. The molecule has 3 heterocycles.